The SMILES string of the molecule is CCC(O)C(O)S(=O)(=O)O. The van der Waals surface area contributed by atoms with Crippen LogP contribution in [0.4, 0.5) is 0 Å². The van der Waals surface area contributed by atoms with Crippen molar-refractivity contribution in [2.75, 3.05) is 0 Å². The lowest BCUT2D eigenvalue weighted by Gasteiger charge is -2.11. The third-order valence-corrected chi connectivity index (χ3v) is 1.98. The van der Waals surface area contributed by atoms with E-state index in [4.69, 9.17) is 14.8 Å². The molecule has 10 heavy (non-hydrogen) atoms. The molecule has 0 radical (unpaired) electrons. The number of hydrogen-bond donors (Lipinski definition) is 3. The fraction of sp³-hybridized carbons (Fsp3) is 1.00. The van der Waals surface area contributed by atoms with Crippen LogP contribution in [0.1, 0.15) is 13.3 Å². The number of hydrogen-bond acceptors (Lipinski definition) is 4. The van der Waals surface area contributed by atoms with Crippen LogP contribution in [-0.2, 0) is 10.1 Å². The molecule has 5 nitrogen and oxygen atoms in total. The first-order valence-electron chi connectivity index (χ1n) is 2.72. The molecule has 62 valence electrons. The standard InChI is InChI=1S/C4H10O5S/c1-2-3(5)4(6)10(7,8)9/h3-6H,2H2,1H3,(H,7,8,9). The Labute approximate surface area is 59.1 Å². The Morgan fingerprint density at radius 1 is 1.40 bits per heavy atom. The minimum absolute atomic E-state index is 0.0704. The highest BCUT2D eigenvalue weighted by molar-refractivity contribution is 7.86. The van der Waals surface area contributed by atoms with E-state index in [1.165, 1.54) is 6.92 Å². The molecule has 0 aliphatic heterocycles. The molecular formula is C4H10O5S. The molecule has 0 aliphatic carbocycles. The van der Waals surface area contributed by atoms with Gasteiger partial charge in [-0.05, 0) is 6.42 Å². The predicted octanol–water partition coefficient (Wildman–Crippen LogP) is -1.04. The quantitative estimate of drug-likeness (QED) is 0.470. The molecule has 0 fully saturated rings. The lowest BCUT2D eigenvalue weighted by molar-refractivity contribution is 0.0599. The normalized spacial score (nSPS) is 18.4. The maximum absolute atomic E-state index is 10.1. The topological polar surface area (TPSA) is 94.8 Å². The highest BCUT2D eigenvalue weighted by Crippen LogP contribution is 2.03. The Morgan fingerprint density at radius 2 is 1.80 bits per heavy atom. The lowest BCUT2D eigenvalue weighted by Crippen LogP contribution is -2.32. The molecule has 0 aromatic rings. The van der Waals surface area contributed by atoms with Gasteiger partial charge in [0.1, 0.15) is 0 Å². The molecule has 0 aromatic carbocycles. The van der Waals surface area contributed by atoms with E-state index in [9.17, 15) is 8.42 Å². The van der Waals surface area contributed by atoms with Gasteiger partial charge in [-0.25, -0.2) is 0 Å². The van der Waals surface area contributed by atoms with Gasteiger partial charge in [0.15, 0.2) is 0 Å². The fourth-order valence-electron chi connectivity index (χ4n) is 0.400. The first-order valence-corrected chi connectivity index (χ1v) is 4.22. The molecule has 0 saturated heterocycles. The molecule has 0 saturated carbocycles. The van der Waals surface area contributed by atoms with Crippen LogP contribution in [0.5, 0.6) is 0 Å². The van der Waals surface area contributed by atoms with Crippen molar-refractivity contribution in [1.29, 1.82) is 0 Å². The molecule has 0 spiro atoms. The monoisotopic (exact) mass is 170 g/mol. The van der Waals surface area contributed by atoms with Crippen LogP contribution in [0.15, 0.2) is 0 Å². The molecule has 0 aromatic heterocycles. The van der Waals surface area contributed by atoms with Crippen LogP contribution in [0.25, 0.3) is 0 Å². The summed E-state index contributed by atoms with van der Waals surface area (Å²) in [6, 6.07) is 0. The summed E-state index contributed by atoms with van der Waals surface area (Å²) in [7, 11) is -4.51. The molecule has 0 rings (SSSR count). The van der Waals surface area contributed by atoms with Gasteiger partial charge in [0, 0.05) is 0 Å². The van der Waals surface area contributed by atoms with E-state index in [0.717, 1.165) is 0 Å². The second-order valence-corrected chi connectivity index (χ2v) is 3.39. The second kappa shape index (κ2) is 3.29. The van der Waals surface area contributed by atoms with Gasteiger partial charge in [-0.3, -0.25) is 4.55 Å². The summed E-state index contributed by atoms with van der Waals surface area (Å²) in [5, 5.41) is 17.2. The van der Waals surface area contributed by atoms with Crippen molar-refractivity contribution in [2.45, 2.75) is 24.9 Å². The fourth-order valence-corrected chi connectivity index (χ4v) is 0.990. The zero-order valence-electron chi connectivity index (χ0n) is 5.43. The summed E-state index contributed by atoms with van der Waals surface area (Å²) in [4.78, 5) is 0. The van der Waals surface area contributed by atoms with Crippen LogP contribution in [0.2, 0.25) is 0 Å². The van der Waals surface area contributed by atoms with Gasteiger partial charge in [-0.2, -0.15) is 8.42 Å². The van der Waals surface area contributed by atoms with Gasteiger partial charge >= 0.3 is 0 Å². The van der Waals surface area contributed by atoms with E-state index < -0.39 is 21.7 Å². The van der Waals surface area contributed by atoms with Crippen molar-refractivity contribution < 1.29 is 23.2 Å². The summed E-state index contributed by atoms with van der Waals surface area (Å²) in [5.74, 6) is 0. The minimum Gasteiger partial charge on any atom is -0.389 e. The van der Waals surface area contributed by atoms with Crippen LogP contribution in [0.3, 0.4) is 0 Å². The van der Waals surface area contributed by atoms with E-state index in [0.29, 0.717) is 0 Å². The molecular weight excluding hydrogens is 160 g/mol. The van der Waals surface area contributed by atoms with Crippen molar-refractivity contribution in [1.82, 2.24) is 0 Å². The Hall–Kier alpha value is -0.170. The largest absolute Gasteiger partial charge is 0.389 e. The smallest absolute Gasteiger partial charge is 0.294 e. The van der Waals surface area contributed by atoms with Crippen molar-refractivity contribution in [3.8, 4) is 0 Å². The Kier molecular flexibility index (Phi) is 3.23. The summed E-state index contributed by atoms with van der Waals surface area (Å²) < 4.78 is 28.3. The van der Waals surface area contributed by atoms with E-state index in [1.807, 2.05) is 0 Å². The lowest BCUT2D eigenvalue weighted by atomic mass is 10.3. The van der Waals surface area contributed by atoms with Crippen molar-refractivity contribution in [3.05, 3.63) is 0 Å². The highest BCUT2D eigenvalue weighted by Gasteiger charge is 2.26. The van der Waals surface area contributed by atoms with E-state index >= 15 is 0 Å². The zero-order valence-corrected chi connectivity index (χ0v) is 6.24. The van der Waals surface area contributed by atoms with Crippen LogP contribution in [-0.4, -0.2) is 34.7 Å². The van der Waals surface area contributed by atoms with Crippen molar-refractivity contribution in [2.24, 2.45) is 0 Å². The van der Waals surface area contributed by atoms with Gasteiger partial charge in [-0.15, -0.1) is 0 Å². The number of aliphatic hydroxyl groups is 2. The number of aliphatic hydroxyl groups excluding tert-OH is 2. The Balaban J connectivity index is 4.23. The summed E-state index contributed by atoms with van der Waals surface area (Å²) in [6.45, 7) is 1.49. The summed E-state index contributed by atoms with van der Waals surface area (Å²) in [5.41, 5.74) is -2.09. The molecule has 0 aliphatic rings. The molecule has 0 heterocycles. The molecule has 0 bridgehead atoms. The predicted molar refractivity (Wildman–Crippen MR) is 33.9 cm³/mol. The van der Waals surface area contributed by atoms with Crippen molar-refractivity contribution >= 4 is 10.1 Å². The van der Waals surface area contributed by atoms with Crippen LogP contribution in [0, 0.1) is 0 Å². The van der Waals surface area contributed by atoms with Gasteiger partial charge in [0.2, 0.25) is 5.44 Å². The third-order valence-electron chi connectivity index (χ3n) is 1.05. The Morgan fingerprint density at radius 3 is 1.90 bits per heavy atom. The molecule has 0 amide bonds. The van der Waals surface area contributed by atoms with Gasteiger partial charge in [0.05, 0.1) is 6.10 Å². The maximum Gasteiger partial charge on any atom is 0.294 e. The first-order chi connectivity index (χ1) is 4.39. The average Bonchev–Trinajstić information content (AvgIpc) is 1.83. The third kappa shape index (κ3) is 2.61. The molecule has 6 heteroatoms. The average molecular weight is 170 g/mol. The van der Waals surface area contributed by atoms with Gasteiger partial charge in [0.25, 0.3) is 10.1 Å². The second-order valence-electron chi connectivity index (χ2n) is 1.88. The Bertz CT molecular complexity index is 184. The summed E-state index contributed by atoms with van der Waals surface area (Å²) in [6.07, 6.45) is -1.35. The maximum atomic E-state index is 10.1. The summed E-state index contributed by atoms with van der Waals surface area (Å²) >= 11 is 0. The van der Waals surface area contributed by atoms with E-state index in [-0.39, 0.29) is 6.42 Å². The molecule has 2 atom stereocenters. The van der Waals surface area contributed by atoms with Gasteiger partial charge in [-0.1, -0.05) is 6.92 Å². The zero-order chi connectivity index (χ0) is 8.36. The highest BCUT2D eigenvalue weighted by atomic mass is 32.2. The molecule has 3 N–H and O–H groups in total. The van der Waals surface area contributed by atoms with E-state index in [2.05, 4.69) is 0 Å². The van der Waals surface area contributed by atoms with E-state index in [1.54, 1.807) is 0 Å². The minimum atomic E-state index is -4.51. The van der Waals surface area contributed by atoms with Crippen LogP contribution < -0.4 is 0 Å². The van der Waals surface area contributed by atoms with Crippen LogP contribution >= 0.6 is 0 Å². The first kappa shape index (κ1) is 9.83. The van der Waals surface area contributed by atoms with Gasteiger partial charge < -0.3 is 10.2 Å². The van der Waals surface area contributed by atoms with Crippen molar-refractivity contribution in [3.63, 3.8) is 0 Å². The number of rotatable bonds is 3. The molecule has 2 unspecified atom stereocenters.